The van der Waals surface area contributed by atoms with Gasteiger partial charge >= 0.3 is 18.0 Å². The number of carbonyl (C=O) groups is 7. The Labute approximate surface area is 338 Å². The Kier molecular flexibility index (Phi) is 16.7. The largest absolute Gasteiger partial charge is 0.465 e. The highest BCUT2D eigenvalue weighted by atomic mass is 16.7. The number of rotatable bonds is 22. The van der Waals surface area contributed by atoms with Gasteiger partial charge in [0.05, 0.1) is 12.6 Å². The summed E-state index contributed by atoms with van der Waals surface area (Å²) in [6.07, 6.45) is 1.40. The zero-order valence-corrected chi connectivity index (χ0v) is 34.0. The van der Waals surface area contributed by atoms with Crippen LogP contribution in [0.2, 0.25) is 0 Å². The molecular formula is C41H56N6O11. The molecule has 1 aliphatic carbocycles. The number of carbonyl (C=O) groups excluding carboxylic acids is 7. The van der Waals surface area contributed by atoms with Gasteiger partial charge in [-0.1, -0.05) is 19.1 Å². The normalized spacial score (nSPS) is 15.1. The highest BCUT2D eigenvalue weighted by Gasteiger charge is 2.34. The second-order valence-electron chi connectivity index (χ2n) is 14.8. The number of fused-ring (bicyclic) bond motifs is 3. The van der Waals surface area contributed by atoms with Crippen molar-refractivity contribution in [3.63, 3.8) is 0 Å². The average Bonchev–Trinajstić information content (AvgIpc) is 3.66. The number of nitrogens with two attached hydrogens (primary N) is 1. The van der Waals surface area contributed by atoms with Gasteiger partial charge in [0.25, 0.3) is 23.6 Å². The van der Waals surface area contributed by atoms with Crippen molar-refractivity contribution >= 4 is 41.7 Å². The first kappa shape index (κ1) is 45.3. The zero-order valence-electron chi connectivity index (χ0n) is 34.0. The summed E-state index contributed by atoms with van der Waals surface area (Å²) in [5, 5.41) is 9.02. The van der Waals surface area contributed by atoms with Gasteiger partial charge in [0.15, 0.2) is 0 Å². The van der Waals surface area contributed by atoms with Crippen LogP contribution in [0.4, 0.5) is 4.79 Å². The molecule has 2 aromatic carbocycles. The molecule has 4 rings (SSSR count). The minimum Gasteiger partial charge on any atom is -0.465 e. The maximum absolute atomic E-state index is 13.6. The fourth-order valence-corrected chi connectivity index (χ4v) is 6.68. The van der Waals surface area contributed by atoms with Crippen molar-refractivity contribution in [2.75, 3.05) is 59.1 Å². The number of alkyl carbamates (subject to hydrolysis) is 1. The fraction of sp³-hybridized carbons (Fsp3) is 0.537. The van der Waals surface area contributed by atoms with Gasteiger partial charge in [0.2, 0.25) is 0 Å². The molecule has 1 heterocycles. The van der Waals surface area contributed by atoms with Crippen LogP contribution in [0.3, 0.4) is 0 Å². The van der Waals surface area contributed by atoms with Crippen LogP contribution >= 0.6 is 0 Å². The molecule has 5 N–H and O–H groups in total. The van der Waals surface area contributed by atoms with Gasteiger partial charge in [-0.25, -0.2) is 9.59 Å². The number of amides is 5. The molecule has 2 unspecified atom stereocenters. The van der Waals surface area contributed by atoms with Gasteiger partial charge < -0.3 is 40.7 Å². The van der Waals surface area contributed by atoms with E-state index in [9.17, 15) is 33.6 Å². The molecule has 2 atom stereocenters. The molecular weight excluding hydrogens is 752 g/mol. The van der Waals surface area contributed by atoms with E-state index in [1.807, 2.05) is 39.8 Å². The van der Waals surface area contributed by atoms with E-state index in [1.54, 1.807) is 24.3 Å². The molecule has 0 radical (unpaired) electrons. The second-order valence-corrected chi connectivity index (χ2v) is 14.8. The maximum atomic E-state index is 13.6. The van der Waals surface area contributed by atoms with Gasteiger partial charge in [-0.15, -0.1) is 5.06 Å². The lowest BCUT2D eigenvalue weighted by Gasteiger charge is -2.27. The second kappa shape index (κ2) is 21.4. The van der Waals surface area contributed by atoms with Gasteiger partial charge in [0, 0.05) is 75.1 Å². The van der Waals surface area contributed by atoms with Crippen molar-refractivity contribution < 1.29 is 52.6 Å². The summed E-state index contributed by atoms with van der Waals surface area (Å²) in [5.74, 6) is -3.68. The molecule has 0 spiro atoms. The number of benzene rings is 2. The summed E-state index contributed by atoms with van der Waals surface area (Å²) in [6.45, 7) is 10.1. The van der Waals surface area contributed by atoms with Crippen LogP contribution in [0.25, 0.3) is 11.1 Å². The van der Waals surface area contributed by atoms with Crippen LogP contribution in [0.15, 0.2) is 36.4 Å². The number of ether oxygens (including phenoxy) is 3. The molecule has 0 saturated carbocycles. The Morgan fingerprint density at radius 1 is 0.897 bits per heavy atom. The standard InChI is InChI=1S/C41H56N6O11/c1-6-29(14-16-42)56-20-15-41(4,5)45-39(53)28-9-11-31-30-10-8-27(38(52)43-7-2)22-32(30)34(33(31)23-28)25-57-40(54)44-17-18-46(19-21-55-26(3)48)24-37(51)58-47-35(49)12-13-36(47)50/h8-11,22-23,29,34H,6-7,12-21,24-25,42H2,1-5H3,(H,43,52)(H,44,54)(H,45,53). The van der Waals surface area contributed by atoms with Crippen molar-refractivity contribution in [3.8, 4) is 11.1 Å². The number of hydrogen-bond acceptors (Lipinski definition) is 13. The van der Waals surface area contributed by atoms with Gasteiger partial charge in [-0.2, -0.15) is 0 Å². The smallest absolute Gasteiger partial charge is 0.407 e. The molecule has 2 aromatic rings. The number of hydrogen-bond donors (Lipinski definition) is 4. The van der Waals surface area contributed by atoms with E-state index in [0.29, 0.717) is 42.3 Å². The molecule has 1 saturated heterocycles. The average molecular weight is 809 g/mol. The third kappa shape index (κ3) is 12.8. The molecule has 5 amide bonds. The fourth-order valence-electron chi connectivity index (χ4n) is 6.68. The van der Waals surface area contributed by atoms with Crippen LogP contribution in [0, 0.1) is 0 Å². The minimum absolute atomic E-state index is 0.00417. The van der Waals surface area contributed by atoms with Crippen molar-refractivity contribution in [3.05, 3.63) is 58.7 Å². The van der Waals surface area contributed by atoms with Crippen LogP contribution in [0.5, 0.6) is 0 Å². The van der Waals surface area contributed by atoms with Gasteiger partial charge in [-0.3, -0.25) is 28.9 Å². The number of nitrogens with zero attached hydrogens (tertiary/aromatic N) is 2. The van der Waals surface area contributed by atoms with E-state index in [0.717, 1.165) is 35.1 Å². The first-order valence-electron chi connectivity index (χ1n) is 19.7. The zero-order chi connectivity index (χ0) is 42.4. The van der Waals surface area contributed by atoms with Crippen LogP contribution in [0.1, 0.15) is 104 Å². The van der Waals surface area contributed by atoms with Crippen molar-refractivity contribution in [1.82, 2.24) is 25.9 Å². The predicted octanol–water partition coefficient (Wildman–Crippen LogP) is 2.79. The number of esters is 1. The Morgan fingerprint density at radius 3 is 2.12 bits per heavy atom. The first-order valence-corrected chi connectivity index (χ1v) is 19.7. The van der Waals surface area contributed by atoms with E-state index >= 15 is 0 Å². The lowest BCUT2D eigenvalue weighted by atomic mass is 9.95. The van der Waals surface area contributed by atoms with E-state index in [-0.39, 0.29) is 70.2 Å². The van der Waals surface area contributed by atoms with E-state index < -0.39 is 41.3 Å². The Morgan fingerprint density at radius 2 is 1.53 bits per heavy atom. The summed E-state index contributed by atoms with van der Waals surface area (Å²) in [6, 6.07) is 10.7. The molecule has 2 aliphatic rings. The molecule has 0 bridgehead atoms. The van der Waals surface area contributed by atoms with Gasteiger partial charge in [-0.05, 0) is 93.1 Å². The first-order chi connectivity index (χ1) is 27.7. The SMILES string of the molecule is CCNC(=O)c1ccc2c(c1)C(COC(=O)NCCN(CCOC(C)=O)CC(=O)ON1C(=O)CCC1=O)c1cc(C(=O)NC(C)(C)CCOC(CC)CCN)ccc1-2. The predicted molar refractivity (Wildman–Crippen MR) is 211 cm³/mol. The molecule has 17 nitrogen and oxygen atoms in total. The number of imide groups is 1. The number of hydroxylamine groups is 2. The summed E-state index contributed by atoms with van der Waals surface area (Å²) in [4.78, 5) is 93.7. The van der Waals surface area contributed by atoms with E-state index in [1.165, 1.54) is 11.8 Å². The van der Waals surface area contributed by atoms with E-state index in [2.05, 4.69) is 16.0 Å². The van der Waals surface area contributed by atoms with Crippen molar-refractivity contribution in [2.24, 2.45) is 5.73 Å². The maximum Gasteiger partial charge on any atom is 0.407 e. The quantitative estimate of drug-likeness (QED) is 0.0994. The highest BCUT2D eigenvalue weighted by Crippen LogP contribution is 2.45. The van der Waals surface area contributed by atoms with E-state index in [4.69, 9.17) is 24.8 Å². The monoisotopic (exact) mass is 808 g/mol. The van der Waals surface area contributed by atoms with Gasteiger partial charge in [0.1, 0.15) is 13.2 Å². The molecule has 1 fully saturated rings. The minimum atomic E-state index is -0.881. The van der Waals surface area contributed by atoms with Crippen molar-refractivity contribution in [2.45, 2.75) is 84.3 Å². The van der Waals surface area contributed by atoms with Crippen molar-refractivity contribution in [1.29, 1.82) is 0 Å². The van der Waals surface area contributed by atoms with Crippen LogP contribution in [-0.4, -0.2) is 122 Å². The Bertz CT molecular complexity index is 1820. The lowest BCUT2D eigenvalue weighted by molar-refractivity contribution is -0.198. The van der Waals surface area contributed by atoms with Crippen LogP contribution in [-0.2, 0) is 38.2 Å². The molecule has 1 aliphatic heterocycles. The molecule has 58 heavy (non-hydrogen) atoms. The number of nitrogens with one attached hydrogen (secondary N) is 3. The molecule has 17 heteroatoms. The topological polar surface area (TPSA) is 225 Å². The molecule has 0 aromatic heterocycles. The third-order valence-electron chi connectivity index (χ3n) is 9.83. The Balaban J connectivity index is 1.44. The summed E-state index contributed by atoms with van der Waals surface area (Å²) in [7, 11) is 0. The summed E-state index contributed by atoms with van der Waals surface area (Å²) < 4.78 is 16.7. The Hall–Kier alpha value is -5.39. The molecule has 316 valence electrons. The lowest BCUT2D eigenvalue weighted by Crippen LogP contribution is -2.44. The third-order valence-corrected chi connectivity index (χ3v) is 9.83. The highest BCUT2D eigenvalue weighted by molar-refractivity contribution is 6.01. The van der Waals surface area contributed by atoms with Crippen LogP contribution < -0.4 is 21.7 Å². The summed E-state index contributed by atoms with van der Waals surface area (Å²) in [5.41, 5.74) is 9.17. The summed E-state index contributed by atoms with van der Waals surface area (Å²) >= 11 is 0.